The molecule has 1 saturated heterocycles. The van der Waals surface area contributed by atoms with Crippen LogP contribution in [0.5, 0.6) is 0 Å². The van der Waals surface area contributed by atoms with E-state index in [0.717, 1.165) is 0 Å². The van der Waals surface area contributed by atoms with Gasteiger partial charge in [-0.05, 0) is 12.8 Å². The molecule has 92 valence electrons. The second-order valence-electron chi connectivity index (χ2n) is 3.76. The number of hydrogen-bond donors (Lipinski definition) is 0. The van der Waals surface area contributed by atoms with Crippen molar-refractivity contribution in [3.8, 4) is 0 Å². The minimum Gasteiger partial charge on any atom is -0.469 e. The number of nitrogens with zero attached hydrogens (tertiary/aromatic N) is 1. The Labute approximate surface area is 96.1 Å². The first-order chi connectivity index (χ1) is 7.51. The minimum atomic E-state index is -3.23. The Morgan fingerprint density at radius 1 is 1.50 bits per heavy atom. The van der Waals surface area contributed by atoms with Gasteiger partial charge in [0.15, 0.2) is 0 Å². The van der Waals surface area contributed by atoms with Gasteiger partial charge in [0.05, 0.1) is 18.8 Å². The zero-order chi connectivity index (χ0) is 12.2. The average Bonchev–Trinajstić information content (AvgIpc) is 2.28. The maximum absolute atomic E-state index is 11.7. The predicted molar refractivity (Wildman–Crippen MR) is 60.3 cm³/mol. The molecule has 0 spiro atoms. The molecule has 0 aromatic rings. The van der Waals surface area contributed by atoms with Crippen LogP contribution in [0.2, 0.25) is 0 Å². The fourth-order valence-electron chi connectivity index (χ4n) is 1.79. The summed E-state index contributed by atoms with van der Waals surface area (Å²) in [6.45, 7) is 4.19. The number of esters is 1. The largest absolute Gasteiger partial charge is 0.469 e. The van der Waals surface area contributed by atoms with Crippen molar-refractivity contribution in [2.45, 2.75) is 12.8 Å². The number of piperidine rings is 1. The summed E-state index contributed by atoms with van der Waals surface area (Å²) in [7, 11) is -1.88. The molecule has 0 aliphatic carbocycles. The topological polar surface area (TPSA) is 63.7 Å². The molecule has 0 saturated carbocycles. The summed E-state index contributed by atoms with van der Waals surface area (Å²) in [5.41, 5.74) is 0. The van der Waals surface area contributed by atoms with E-state index in [9.17, 15) is 13.2 Å². The smallest absolute Gasteiger partial charge is 0.308 e. The zero-order valence-corrected chi connectivity index (χ0v) is 10.2. The van der Waals surface area contributed by atoms with Gasteiger partial charge >= 0.3 is 5.97 Å². The van der Waals surface area contributed by atoms with E-state index in [1.165, 1.54) is 17.5 Å². The van der Waals surface area contributed by atoms with Gasteiger partial charge in [-0.3, -0.25) is 4.79 Å². The molecule has 0 amide bonds. The molecular weight excluding hydrogens is 230 g/mol. The van der Waals surface area contributed by atoms with E-state index >= 15 is 0 Å². The van der Waals surface area contributed by atoms with E-state index in [2.05, 4.69) is 11.3 Å². The molecule has 0 N–H and O–H groups in total. The maximum atomic E-state index is 11.7. The van der Waals surface area contributed by atoms with Gasteiger partial charge in [-0.1, -0.05) is 6.08 Å². The Hall–Kier alpha value is -0.880. The first kappa shape index (κ1) is 13.2. The van der Waals surface area contributed by atoms with E-state index in [-0.39, 0.29) is 17.6 Å². The van der Waals surface area contributed by atoms with Crippen LogP contribution < -0.4 is 0 Å². The normalized spacial score (nSPS) is 19.3. The predicted octanol–water partition coefficient (Wildman–Crippen LogP) is 0.387. The van der Waals surface area contributed by atoms with Crippen LogP contribution in [0.3, 0.4) is 0 Å². The number of hydrogen-bond acceptors (Lipinski definition) is 4. The molecule has 0 bridgehead atoms. The third-order valence-electron chi connectivity index (χ3n) is 2.71. The Morgan fingerprint density at radius 2 is 2.06 bits per heavy atom. The lowest BCUT2D eigenvalue weighted by atomic mass is 9.99. The molecule has 0 radical (unpaired) electrons. The first-order valence-electron chi connectivity index (χ1n) is 5.18. The van der Waals surface area contributed by atoms with E-state index in [0.29, 0.717) is 25.9 Å². The van der Waals surface area contributed by atoms with Crippen molar-refractivity contribution in [3.63, 3.8) is 0 Å². The van der Waals surface area contributed by atoms with Crippen LogP contribution in [-0.4, -0.2) is 44.6 Å². The Kier molecular flexibility index (Phi) is 4.49. The highest BCUT2D eigenvalue weighted by atomic mass is 32.2. The molecule has 1 aliphatic rings. The fourth-order valence-corrected chi connectivity index (χ4v) is 3.07. The van der Waals surface area contributed by atoms with Crippen LogP contribution in [0.1, 0.15) is 12.8 Å². The van der Waals surface area contributed by atoms with Crippen molar-refractivity contribution < 1.29 is 17.9 Å². The van der Waals surface area contributed by atoms with Gasteiger partial charge in [0.25, 0.3) is 0 Å². The van der Waals surface area contributed by atoms with E-state index in [1.54, 1.807) is 0 Å². The summed E-state index contributed by atoms with van der Waals surface area (Å²) in [5.74, 6) is -0.462. The lowest BCUT2D eigenvalue weighted by Crippen LogP contribution is -2.41. The van der Waals surface area contributed by atoms with Crippen LogP contribution >= 0.6 is 0 Å². The van der Waals surface area contributed by atoms with Crippen molar-refractivity contribution in [2.75, 3.05) is 26.0 Å². The van der Waals surface area contributed by atoms with Crippen LogP contribution in [0.25, 0.3) is 0 Å². The molecule has 1 rings (SSSR count). The molecule has 0 aromatic carbocycles. The zero-order valence-electron chi connectivity index (χ0n) is 9.39. The molecule has 1 fully saturated rings. The number of ether oxygens (including phenoxy) is 1. The van der Waals surface area contributed by atoms with Gasteiger partial charge in [-0.15, -0.1) is 6.58 Å². The van der Waals surface area contributed by atoms with Crippen LogP contribution in [0.15, 0.2) is 12.7 Å². The molecule has 0 unspecified atom stereocenters. The van der Waals surface area contributed by atoms with Crippen molar-refractivity contribution in [3.05, 3.63) is 12.7 Å². The number of sulfonamides is 1. The summed E-state index contributed by atoms with van der Waals surface area (Å²) < 4.78 is 29.4. The molecule has 1 heterocycles. The SMILES string of the molecule is C=CCS(=O)(=O)N1CCC(C(=O)OC)CC1. The van der Waals surface area contributed by atoms with Gasteiger partial charge in [0.1, 0.15) is 0 Å². The van der Waals surface area contributed by atoms with Crippen LogP contribution in [0.4, 0.5) is 0 Å². The Balaban J connectivity index is 2.55. The number of carbonyl (C=O) groups excluding carboxylic acids is 1. The summed E-state index contributed by atoms with van der Waals surface area (Å²) in [5, 5.41) is 0. The summed E-state index contributed by atoms with van der Waals surface area (Å²) in [4.78, 5) is 11.2. The quantitative estimate of drug-likeness (QED) is 0.532. The molecular formula is C10H17NO4S. The Bertz CT molecular complexity index is 355. The Morgan fingerprint density at radius 3 is 2.50 bits per heavy atom. The second-order valence-corrected chi connectivity index (χ2v) is 5.78. The molecule has 0 aromatic heterocycles. The van der Waals surface area contributed by atoms with E-state index in [4.69, 9.17) is 0 Å². The third-order valence-corrected chi connectivity index (χ3v) is 4.52. The maximum Gasteiger partial charge on any atom is 0.308 e. The minimum absolute atomic E-state index is 0.0457. The number of rotatable bonds is 4. The van der Waals surface area contributed by atoms with Crippen molar-refractivity contribution >= 4 is 16.0 Å². The van der Waals surface area contributed by atoms with E-state index in [1.807, 2.05) is 0 Å². The lowest BCUT2D eigenvalue weighted by molar-refractivity contribution is -0.146. The summed E-state index contributed by atoms with van der Waals surface area (Å²) in [6.07, 6.45) is 2.44. The second kappa shape index (κ2) is 5.45. The molecule has 16 heavy (non-hydrogen) atoms. The molecule has 1 aliphatic heterocycles. The van der Waals surface area contributed by atoms with Gasteiger partial charge in [0, 0.05) is 13.1 Å². The standard InChI is InChI=1S/C10H17NO4S/c1-3-8-16(13,14)11-6-4-9(5-7-11)10(12)15-2/h3,9H,1,4-8H2,2H3. The van der Waals surface area contributed by atoms with Crippen molar-refractivity contribution in [1.29, 1.82) is 0 Å². The molecule has 6 heteroatoms. The van der Waals surface area contributed by atoms with Gasteiger partial charge in [-0.2, -0.15) is 0 Å². The van der Waals surface area contributed by atoms with Gasteiger partial charge in [0.2, 0.25) is 10.0 Å². The molecule has 5 nitrogen and oxygen atoms in total. The van der Waals surface area contributed by atoms with Crippen LogP contribution in [0, 0.1) is 5.92 Å². The monoisotopic (exact) mass is 247 g/mol. The first-order valence-corrected chi connectivity index (χ1v) is 6.78. The van der Waals surface area contributed by atoms with Crippen molar-refractivity contribution in [2.24, 2.45) is 5.92 Å². The summed E-state index contributed by atoms with van der Waals surface area (Å²) >= 11 is 0. The number of carbonyl (C=O) groups is 1. The fraction of sp³-hybridized carbons (Fsp3) is 0.700. The number of methoxy groups -OCH3 is 1. The van der Waals surface area contributed by atoms with Crippen LogP contribution in [-0.2, 0) is 19.6 Å². The third kappa shape index (κ3) is 3.05. The lowest BCUT2D eigenvalue weighted by Gasteiger charge is -2.29. The van der Waals surface area contributed by atoms with Crippen molar-refractivity contribution in [1.82, 2.24) is 4.31 Å². The molecule has 0 atom stereocenters. The summed E-state index contributed by atoms with van der Waals surface area (Å²) in [6, 6.07) is 0. The van der Waals surface area contributed by atoms with E-state index < -0.39 is 10.0 Å². The highest BCUT2D eigenvalue weighted by molar-refractivity contribution is 7.89. The van der Waals surface area contributed by atoms with Gasteiger partial charge < -0.3 is 4.74 Å². The van der Waals surface area contributed by atoms with Gasteiger partial charge in [-0.25, -0.2) is 12.7 Å². The highest BCUT2D eigenvalue weighted by Gasteiger charge is 2.30. The highest BCUT2D eigenvalue weighted by Crippen LogP contribution is 2.20. The average molecular weight is 247 g/mol.